The Bertz CT molecular complexity index is 794. The highest BCUT2D eigenvalue weighted by molar-refractivity contribution is 7.10. The molecule has 0 saturated carbocycles. The third-order valence-electron chi connectivity index (χ3n) is 5.67. The van der Waals surface area contributed by atoms with Gasteiger partial charge in [0.05, 0.1) is 23.9 Å². The number of aryl methyl sites for hydroxylation is 2. The zero-order valence-corrected chi connectivity index (χ0v) is 16.1. The van der Waals surface area contributed by atoms with Crippen LogP contribution in [0.5, 0.6) is 0 Å². The second kappa shape index (κ2) is 7.13. The van der Waals surface area contributed by atoms with Crippen LogP contribution in [0.4, 0.5) is 0 Å². The predicted molar refractivity (Wildman–Crippen MR) is 99.3 cm³/mol. The summed E-state index contributed by atoms with van der Waals surface area (Å²) in [6.07, 6.45) is 2.77. The maximum atomic E-state index is 13.0. The minimum atomic E-state index is -0.0160. The van der Waals surface area contributed by atoms with Crippen LogP contribution in [0.1, 0.15) is 50.7 Å². The molecular weight excluding hydrogens is 350 g/mol. The van der Waals surface area contributed by atoms with E-state index in [-0.39, 0.29) is 18.6 Å². The third-order valence-corrected chi connectivity index (χ3v) is 6.68. The number of amides is 1. The summed E-state index contributed by atoms with van der Waals surface area (Å²) in [5, 5.41) is 15.6. The van der Waals surface area contributed by atoms with Crippen molar-refractivity contribution in [2.45, 2.75) is 52.2 Å². The first kappa shape index (κ1) is 17.7. The third kappa shape index (κ3) is 3.08. The van der Waals surface area contributed by atoms with E-state index in [0.29, 0.717) is 0 Å². The molecule has 1 N–H and O–H groups in total. The normalized spacial score (nSPS) is 20.6. The lowest BCUT2D eigenvalue weighted by molar-refractivity contribution is 0.0676. The maximum absolute atomic E-state index is 13.0. The molecule has 0 unspecified atom stereocenters. The molecule has 1 saturated heterocycles. The zero-order valence-electron chi connectivity index (χ0n) is 15.3. The van der Waals surface area contributed by atoms with Crippen LogP contribution in [0.3, 0.4) is 0 Å². The molecule has 6 nitrogen and oxygen atoms in total. The van der Waals surface area contributed by atoms with Crippen LogP contribution in [-0.2, 0) is 19.5 Å². The number of hydrogen-bond acceptors (Lipinski definition) is 6. The fourth-order valence-electron chi connectivity index (χ4n) is 4.09. The number of rotatable bonds is 4. The molecule has 26 heavy (non-hydrogen) atoms. The van der Waals surface area contributed by atoms with Crippen molar-refractivity contribution in [2.75, 3.05) is 19.7 Å². The van der Waals surface area contributed by atoms with Crippen LogP contribution >= 0.6 is 11.3 Å². The van der Waals surface area contributed by atoms with E-state index in [4.69, 9.17) is 4.52 Å². The lowest BCUT2D eigenvalue weighted by Gasteiger charge is -2.28. The van der Waals surface area contributed by atoms with Gasteiger partial charge in [-0.05, 0) is 38.7 Å². The first-order valence-corrected chi connectivity index (χ1v) is 10.1. The largest absolute Gasteiger partial charge is 0.394 e. The van der Waals surface area contributed by atoms with Crippen molar-refractivity contribution in [3.05, 3.63) is 38.4 Å². The summed E-state index contributed by atoms with van der Waals surface area (Å²) in [6, 6.07) is -0.0160. The second-order valence-electron chi connectivity index (χ2n) is 7.29. The van der Waals surface area contributed by atoms with Crippen LogP contribution in [0, 0.1) is 13.8 Å². The van der Waals surface area contributed by atoms with Crippen LogP contribution in [0.25, 0.3) is 0 Å². The van der Waals surface area contributed by atoms with Crippen LogP contribution in [0.15, 0.2) is 9.90 Å². The van der Waals surface area contributed by atoms with Gasteiger partial charge in [-0.3, -0.25) is 9.69 Å². The molecule has 0 spiro atoms. The fourth-order valence-corrected chi connectivity index (χ4v) is 5.21. The molecule has 4 heterocycles. The Morgan fingerprint density at radius 2 is 2.27 bits per heavy atom. The van der Waals surface area contributed by atoms with E-state index >= 15 is 0 Å². The lowest BCUT2D eigenvalue weighted by atomic mass is 10.0. The van der Waals surface area contributed by atoms with Gasteiger partial charge in [0.1, 0.15) is 5.76 Å². The molecule has 2 aromatic heterocycles. The Kier molecular flexibility index (Phi) is 4.86. The monoisotopic (exact) mass is 375 g/mol. The van der Waals surface area contributed by atoms with Gasteiger partial charge in [-0.2, -0.15) is 0 Å². The van der Waals surface area contributed by atoms with Crippen LogP contribution in [0.2, 0.25) is 0 Å². The number of nitrogens with zero attached hydrogens (tertiary/aromatic N) is 3. The fraction of sp³-hybridized carbons (Fsp3) is 0.579. The molecule has 140 valence electrons. The summed E-state index contributed by atoms with van der Waals surface area (Å²) in [5.74, 6) is 0.984. The van der Waals surface area contributed by atoms with Gasteiger partial charge in [0.25, 0.3) is 5.91 Å². The van der Waals surface area contributed by atoms with Gasteiger partial charge in [0.15, 0.2) is 0 Å². The first-order valence-electron chi connectivity index (χ1n) is 9.23. The minimum Gasteiger partial charge on any atom is -0.394 e. The number of aromatic nitrogens is 1. The number of carbonyl (C=O) groups excluding carboxylic acids is 1. The first-order chi connectivity index (χ1) is 12.6. The van der Waals surface area contributed by atoms with Gasteiger partial charge >= 0.3 is 0 Å². The lowest BCUT2D eigenvalue weighted by Crippen LogP contribution is -2.38. The van der Waals surface area contributed by atoms with Crippen molar-refractivity contribution < 1.29 is 14.4 Å². The molecule has 2 aromatic rings. The number of likely N-dealkylation sites (tertiary alicyclic amines) is 1. The molecular formula is C19H25N3O3S. The number of aliphatic hydroxyl groups is 1. The summed E-state index contributed by atoms with van der Waals surface area (Å²) in [5.41, 5.74) is 4.18. The SMILES string of the molecule is Cc1noc(C)c1CN1CCc2c(C(=O)N3CCC[C@@H]3CO)csc2C1. The van der Waals surface area contributed by atoms with Crippen molar-refractivity contribution in [3.63, 3.8) is 0 Å². The van der Waals surface area contributed by atoms with Gasteiger partial charge in [-0.1, -0.05) is 5.16 Å². The van der Waals surface area contributed by atoms with Gasteiger partial charge in [0, 0.05) is 42.0 Å². The topological polar surface area (TPSA) is 69.8 Å². The van der Waals surface area contributed by atoms with Crippen molar-refractivity contribution in [1.82, 2.24) is 15.0 Å². The molecule has 0 radical (unpaired) electrons. The maximum Gasteiger partial charge on any atom is 0.255 e. The molecule has 0 bridgehead atoms. The zero-order chi connectivity index (χ0) is 18.3. The van der Waals surface area contributed by atoms with E-state index in [0.717, 1.165) is 62.5 Å². The molecule has 1 atom stereocenters. The highest BCUT2D eigenvalue weighted by Crippen LogP contribution is 2.32. The van der Waals surface area contributed by atoms with E-state index in [1.807, 2.05) is 24.1 Å². The molecule has 2 aliphatic rings. The van der Waals surface area contributed by atoms with Gasteiger partial charge < -0.3 is 14.5 Å². The molecule has 2 aliphatic heterocycles. The molecule has 7 heteroatoms. The van der Waals surface area contributed by atoms with Crippen LogP contribution < -0.4 is 0 Å². The molecule has 0 aliphatic carbocycles. The smallest absolute Gasteiger partial charge is 0.255 e. The van der Waals surface area contributed by atoms with Gasteiger partial charge in [-0.15, -0.1) is 11.3 Å². The van der Waals surface area contributed by atoms with Gasteiger partial charge in [-0.25, -0.2) is 0 Å². The molecule has 4 rings (SSSR count). The van der Waals surface area contributed by atoms with Crippen molar-refractivity contribution in [2.24, 2.45) is 0 Å². The summed E-state index contributed by atoms with van der Waals surface area (Å²) in [6.45, 7) is 7.38. The Balaban J connectivity index is 1.49. The Morgan fingerprint density at radius 1 is 1.42 bits per heavy atom. The van der Waals surface area contributed by atoms with E-state index < -0.39 is 0 Å². The highest BCUT2D eigenvalue weighted by Gasteiger charge is 2.32. The standard InChI is InChI=1S/C19H25N3O3S/c1-12-16(13(2)25-20-12)8-21-7-5-15-17(11-26-18(15)9-21)19(24)22-6-3-4-14(22)10-23/h11,14,23H,3-10H2,1-2H3/t14-/m1/s1. The summed E-state index contributed by atoms with van der Waals surface area (Å²) < 4.78 is 5.27. The number of hydrogen-bond donors (Lipinski definition) is 1. The second-order valence-corrected chi connectivity index (χ2v) is 8.26. The summed E-state index contributed by atoms with van der Waals surface area (Å²) in [7, 11) is 0. The number of thiophene rings is 1. The van der Waals surface area contributed by atoms with Crippen molar-refractivity contribution >= 4 is 17.2 Å². The summed E-state index contributed by atoms with van der Waals surface area (Å²) >= 11 is 1.68. The number of aliphatic hydroxyl groups excluding tert-OH is 1. The predicted octanol–water partition coefficient (Wildman–Crippen LogP) is 2.51. The Morgan fingerprint density at radius 3 is 3.00 bits per heavy atom. The average Bonchev–Trinajstić information content (AvgIpc) is 3.35. The highest BCUT2D eigenvalue weighted by atomic mass is 32.1. The molecule has 1 fully saturated rings. The average molecular weight is 375 g/mol. The van der Waals surface area contributed by atoms with Crippen molar-refractivity contribution in [1.29, 1.82) is 0 Å². The quantitative estimate of drug-likeness (QED) is 0.889. The van der Waals surface area contributed by atoms with Crippen LogP contribution in [-0.4, -0.2) is 51.7 Å². The number of fused-ring (bicyclic) bond motifs is 1. The van der Waals surface area contributed by atoms with E-state index in [2.05, 4.69) is 10.1 Å². The summed E-state index contributed by atoms with van der Waals surface area (Å²) in [4.78, 5) is 18.5. The van der Waals surface area contributed by atoms with Crippen molar-refractivity contribution in [3.8, 4) is 0 Å². The molecule has 0 aromatic carbocycles. The molecule has 1 amide bonds. The Hall–Kier alpha value is -1.70. The van der Waals surface area contributed by atoms with E-state index in [1.165, 1.54) is 16.0 Å². The van der Waals surface area contributed by atoms with E-state index in [1.54, 1.807) is 11.3 Å². The minimum absolute atomic E-state index is 0.0160. The number of carbonyl (C=O) groups is 1. The van der Waals surface area contributed by atoms with Gasteiger partial charge in [0.2, 0.25) is 0 Å². The Labute approximate surface area is 157 Å². The van der Waals surface area contributed by atoms with E-state index in [9.17, 15) is 9.90 Å².